The average Bonchev–Trinajstić information content (AvgIpc) is 2.43. The van der Waals surface area contributed by atoms with E-state index < -0.39 is 11.9 Å². The summed E-state index contributed by atoms with van der Waals surface area (Å²) in [4.78, 5) is 23.6. The summed E-state index contributed by atoms with van der Waals surface area (Å²) < 4.78 is 10.0. The van der Waals surface area contributed by atoms with Crippen LogP contribution in [0.5, 0.6) is 0 Å². The molecule has 0 radical (unpaired) electrons. The smallest absolute Gasteiger partial charge is 0.339 e. The van der Waals surface area contributed by atoms with Gasteiger partial charge >= 0.3 is 11.9 Å². The monoisotopic (exact) mass is 262 g/mol. The molecule has 0 fully saturated rings. The second kappa shape index (κ2) is 8.08. The lowest BCUT2D eigenvalue weighted by atomic mass is 10.1. The molecule has 0 unspecified atom stereocenters. The SMILES string of the molecule is C=CCCCOC(=O)c1ccccc1C(=O)OCC. The molecule has 0 aliphatic carbocycles. The fourth-order valence-corrected chi connectivity index (χ4v) is 1.52. The number of carbonyl (C=O) groups is 2. The van der Waals surface area contributed by atoms with Crippen LogP contribution >= 0.6 is 0 Å². The fourth-order valence-electron chi connectivity index (χ4n) is 1.52. The molecule has 102 valence electrons. The van der Waals surface area contributed by atoms with E-state index in [-0.39, 0.29) is 17.7 Å². The highest BCUT2D eigenvalue weighted by atomic mass is 16.5. The number of unbranched alkanes of at least 4 members (excludes halogenated alkanes) is 1. The number of carbonyl (C=O) groups excluding carboxylic acids is 2. The minimum absolute atomic E-state index is 0.234. The number of esters is 2. The molecule has 1 aromatic rings. The molecule has 0 amide bonds. The first-order chi connectivity index (χ1) is 9.20. The second-order valence-corrected chi connectivity index (χ2v) is 3.83. The Labute approximate surface area is 113 Å². The summed E-state index contributed by atoms with van der Waals surface area (Å²) in [7, 11) is 0. The summed E-state index contributed by atoms with van der Waals surface area (Å²) >= 11 is 0. The van der Waals surface area contributed by atoms with E-state index >= 15 is 0 Å². The second-order valence-electron chi connectivity index (χ2n) is 3.83. The van der Waals surface area contributed by atoms with Gasteiger partial charge in [-0.2, -0.15) is 0 Å². The molecule has 0 atom stereocenters. The van der Waals surface area contributed by atoms with E-state index in [2.05, 4.69) is 6.58 Å². The van der Waals surface area contributed by atoms with Crippen molar-refractivity contribution in [1.82, 2.24) is 0 Å². The number of allylic oxidation sites excluding steroid dienone is 1. The van der Waals surface area contributed by atoms with Crippen molar-refractivity contribution < 1.29 is 19.1 Å². The van der Waals surface area contributed by atoms with Crippen LogP contribution in [0, 0.1) is 0 Å². The topological polar surface area (TPSA) is 52.6 Å². The maximum Gasteiger partial charge on any atom is 0.339 e. The molecule has 0 saturated heterocycles. The standard InChI is InChI=1S/C15H18O4/c1-3-5-8-11-19-15(17)13-10-7-6-9-12(13)14(16)18-4-2/h3,6-7,9-10H,1,4-5,8,11H2,2H3. The molecule has 0 bridgehead atoms. The van der Waals surface area contributed by atoms with E-state index in [0.717, 1.165) is 12.8 Å². The van der Waals surface area contributed by atoms with Crippen LogP contribution in [0.4, 0.5) is 0 Å². The first kappa shape index (κ1) is 15.0. The molecule has 0 N–H and O–H groups in total. The van der Waals surface area contributed by atoms with E-state index in [4.69, 9.17) is 9.47 Å². The lowest BCUT2D eigenvalue weighted by Crippen LogP contribution is -2.14. The van der Waals surface area contributed by atoms with Crippen molar-refractivity contribution >= 4 is 11.9 Å². The van der Waals surface area contributed by atoms with Crippen LogP contribution in [-0.2, 0) is 9.47 Å². The molecule has 0 heterocycles. The minimum atomic E-state index is -0.513. The first-order valence-electron chi connectivity index (χ1n) is 6.24. The van der Waals surface area contributed by atoms with Crippen molar-refractivity contribution in [2.45, 2.75) is 19.8 Å². The van der Waals surface area contributed by atoms with Gasteiger partial charge in [-0.3, -0.25) is 0 Å². The Morgan fingerprint density at radius 2 is 1.74 bits per heavy atom. The highest BCUT2D eigenvalue weighted by Gasteiger charge is 2.18. The molecule has 1 aromatic carbocycles. The van der Waals surface area contributed by atoms with Gasteiger partial charge in [0.15, 0.2) is 0 Å². The van der Waals surface area contributed by atoms with Gasteiger partial charge in [-0.1, -0.05) is 18.2 Å². The number of hydrogen-bond acceptors (Lipinski definition) is 4. The molecule has 0 aliphatic heterocycles. The molecule has 0 saturated carbocycles. The highest BCUT2D eigenvalue weighted by molar-refractivity contribution is 6.03. The summed E-state index contributed by atoms with van der Waals surface area (Å²) in [6.07, 6.45) is 3.27. The molecule has 4 nitrogen and oxygen atoms in total. The van der Waals surface area contributed by atoms with Crippen LogP contribution in [0.15, 0.2) is 36.9 Å². The predicted octanol–water partition coefficient (Wildman–Crippen LogP) is 2.99. The normalized spacial score (nSPS) is 9.74. The van der Waals surface area contributed by atoms with Gasteiger partial charge in [0.2, 0.25) is 0 Å². The fraction of sp³-hybridized carbons (Fsp3) is 0.333. The quantitative estimate of drug-likeness (QED) is 0.430. The Morgan fingerprint density at radius 3 is 2.26 bits per heavy atom. The summed E-state index contributed by atoms with van der Waals surface area (Å²) in [5.74, 6) is -1.02. The lowest BCUT2D eigenvalue weighted by molar-refractivity contribution is 0.0465. The van der Waals surface area contributed by atoms with Gasteiger partial charge in [0.05, 0.1) is 24.3 Å². The number of hydrogen-bond donors (Lipinski definition) is 0. The molecule has 0 spiro atoms. The van der Waals surface area contributed by atoms with Gasteiger partial charge in [-0.05, 0) is 31.9 Å². The van der Waals surface area contributed by atoms with E-state index in [1.165, 1.54) is 0 Å². The van der Waals surface area contributed by atoms with Crippen molar-refractivity contribution in [2.75, 3.05) is 13.2 Å². The third-order valence-corrected chi connectivity index (χ3v) is 2.43. The number of ether oxygens (including phenoxy) is 2. The van der Waals surface area contributed by atoms with Gasteiger partial charge in [0, 0.05) is 0 Å². The molecular formula is C15H18O4. The third kappa shape index (κ3) is 4.58. The van der Waals surface area contributed by atoms with Crippen LogP contribution in [0.1, 0.15) is 40.5 Å². The van der Waals surface area contributed by atoms with E-state index in [0.29, 0.717) is 6.61 Å². The Morgan fingerprint density at radius 1 is 1.16 bits per heavy atom. The Bertz CT molecular complexity index is 451. The van der Waals surface area contributed by atoms with Crippen LogP contribution in [0.2, 0.25) is 0 Å². The van der Waals surface area contributed by atoms with Gasteiger partial charge in [-0.25, -0.2) is 9.59 Å². The Hall–Kier alpha value is -2.10. The molecule has 4 heteroatoms. The summed E-state index contributed by atoms with van der Waals surface area (Å²) in [5.41, 5.74) is 0.470. The molecule has 19 heavy (non-hydrogen) atoms. The Kier molecular flexibility index (Phi) is 6.36. The Balaban J connectivity index is 2.73. The lowest BCUT2D eigenvalue weighted by Gasteiger charge is -2.08. The van der Waals surface area contributed by atoms with Crippen molar-refractivity contribution in [3.05, 3.63) is 48.0 Å². The van der Waals surface area contributed by atoms with Gasteiger partial charge in [0.25, 0.3) is 0 Å². The van der Waals surface area contributed by atoms with Crippen LogP contribution in [0.25, 0.3) is 0 Å². The average molecular weight is 262 g/mol. The summed E-state index contributed by atoms with van der Waals surface area (Å²) in [6.45, 7) is 5.88. The van der Waals surface area contributed by atoms with Crippen LogP contribution < -0.4 is 0 Å². The third-order valence-electron chi connectivity index (χ3n) is 2.43. The molecular weight excluding hydrogens is 244 g/mol. The zero-order valence-corrected chi connectivity index (χ0v) is 11.1. The van der Waals surface area contributed by atoms with Gasteiger partial charge < -0.3 is 9.47 Å². The summed E-state index contributed by atoms with van der Waals surface area (Å²) in [5, 5.41) is 0. The largest absolute Gasteiger partial charge is 0.462 e. The zero-order valence-electron chi connectivity index (χ0n) is 11.1. The van der Waals surface area contributed by atoms with Crippen LogP contribution in [-0.4, -0.2) is 25.2 Å². The van der Waals surface area contributed by atoms with E-state index in [9.17, 15) is 9.59 Å². The zero-order chi connectivity index (χ0) is 14.1. The van der Waals surface area contributed by atoms with Gasteiger partial charge in [0.1, 0.15) is 0 Å². The van der Waals surface area contributed by atoms with Gasteiger partial charge in [-0.15, -0.1) is 6.58 Å². The summed E-state index contributed by atoms with van der Waals surface area (Å²) in [6, 6.07) is 6.48. The highest BCUT2D eigenvalue weighted by Crippen LogP contribution is 2.12. The van der Waals surface area contributed by atoms with E-state index in [1.807, 2.05) is 0 Å². The maximum atomic E-state index is 11.9. The number of benzene rings is 1. The van der Waals surface area contributed by atoms with Crippen molar-refractivity contribution in [3.63, 3.8) is 0 Å². The maximum absolute atomic E-state index is 11.9. The molecule has 1 rings (SSSR count). The molecule has 0 aliphatic rings. The number of rotatable bonds is 7. The van der Waals surface area contributed by atoms with Crippen LogP contribution in [0.3, 0.4) is 0 Å². The van der Waals surface area contributed by atoms with Crippen molar-refractivity contribution in [3.8, 4) is 0 Å². The minimum Gasteiger partial charge on any atom is -0.462 e. The first-order valence-corrected chi connectivity index (χ1v) is 6.24. The van der Waals surface area contributed by atoms with E-state index in [1.54, 1.807) is 37.3 Å². The van der Waals surface area contributed by atoms with Crippen molar-refractivity contribution in [1.29, 1.82) is 0 Å². The van der Waals surface area contributed by atoms with Crippen molar-refractivity contribution in [2.24, 2.45) is 0 Å². The molecule has 0 aromatic heterocycles. The predicted molar refractivity (Wildman–Crippen MR) is 72.1 cm³/mol.